The fourth-order valence-electron chi connectivity index (χ4n) is 7.58. The number of aromatic nitrogens is 3. The number of H-pyrrole nitrogens is 2. The lowest BCUT2D eigenvalue weighted by Gasteiger charge is -2.32. The number of nitrogens with two attached hydrogens (primary N) is 6. The van der Waals surface area contributed by atoms with Gasteiger partial charge in [0.15, 0.2) is 11.9 Å². The molecule has 7 atom stereocenters. The molecule has 4 aromatic rings. The molecular formula is C46H67N17O7S2. The number of fused-ring (bicyclic) bond motifs is 1. The molecule has 7 amide bonds. The number of para-hydroxylation sites is 1. The van der Waals surface area contributed by atoms with Crippen LogP contribution in [0.3, 0.4) is 0 Å². The molecule has 19 N–H and O–H groups in total. The van der Waals surface area contributed by atoms with Crippen LogP contribution >= 0.6 is 25.3 Å². The van der Waals surface area contributed by atoms with Gasteiger partial charge in [-0.25, -0.2) is 4.98 Å². The lowest BCUT2D eigenvalue weighted by Crippen LogP contribution is -2.61. The molecule has 0 bridgehead atoms. The molecule has 72 heavy (non-hydrogen) atoms. The molecule has 0 aliphatic carbocycles. The van der Waals surface area contributed by atoms with Crippen LogP contribution in [0.25, 0.3) is 10.9 Å². The van der Waals surface area contributed by atoms with E-state index in [1.54, 1.807) is 36.5 Å². The second kappa shape index (κ2) is 29.1. The number of nitrogens with zero attached hydrogens (tertiary/aromatic N) is 4. The molecule has 0 spiro atoms. The van der Waals surface area contributed by atoms with Crippen molar-refractivity contribution in [3.63, 3.8) is 0 Å². The maximum atomic E-state index is 14.7. The smallest absolute Gasteiger partial charge is 0.245 e. The van der Waals surface area contributed by atoms with Crippen LogP contribution in [0, 0.1) is 0 Å². The Hall–Kier alpha value is -7.32. The van der Waals surface area contributed by atoms with Gasteiger partial charge in [0.05, 0.1) is 12.4 Å². The second-order valence-electron chi connectivity index (χ2n) is 16.9. The molecule has 0 fully saturated rings. The Bertz CT molecular complexity index is 2480. The topological polar surface area (TPSA) is 408 Å². The molecular weight excluding hydrogens is 967 g/mol. The van der Waals surface area contributed by atoms with Gasteiger partial charge in [-0.05, 0) is 55.1 Å². The number of likely N-dealkylation sites (N-methyl/N-ethyl adjacent to an activating group) is 1. The predicted molar refractivity (Wildman–Crippen MR) is 280 cm³/mol. The van der Waals surface area contributed by atoms with E-state index in [0.717, 1.165) is 10.9 Å². The van der Waals surface area contributed by atoms with Crippen molar-refractivity contribution in [1.29, 1.82) is 0 Å². The van der Waals surface area contributed by atoms with Crippen LogP contribution in [0.5, 0.6) is 0 Å². The molecule has 0 radical (unpaired) electrons. The van der Waals surface area contributed by atoms with Crippen molar-refractivity contribution < 1.29 is 33.6 Å². The molecule has 0 aliphatic heterocycles. The van der Waals surface area contributed by atoms with Crippen LogP contribution in [-0.2, 0) is 52.8 Å². The first-order valence-corrected chi connectivity index (χ1v) is 24.4. The maximum Gasteiger partial charge on any atom is 0.245 e. The summed E-state index contributed by atoms with van der Waals surface area (Å²) in [6.45, 7) is 0.318. The van der Waals surface area contributed by atoms with Crippen molar-refractivity contribution in [2.24, 2.45) is 44.4 Å². The zero-order chi connectivity index (χ0) is 52.7. The highest BCUT2D eigenvalue weighted by molar-refractivity contribution is 7.80. The Kier molecular flexibility index (Phi) is 23.2. The number of carbonyl (C=O) groups is 7. The molecule has 0 saturated heterocycles. The van der Waals surface area contributed by atoms with Gasteiger partial charge in [-0.1, -0.05) is 48.5 Å². The number of nitrogens with one attached hydrogen (secondary N) is 7. The highest BCUT2D eigenvalue weighted by Crippen LogP contribution is 2.20. The molecule has 2 aromatic carbocycles. The number of imidazole rings is 1. The summed E-state index contributed by atoms with van der Waals surface area (Å²) in [6, 6.07) is 7.50. The monoisotopic (exact) mass is 1030 g/mol. The first kappa shape index (κ1) is 57.3. The average molecular weight is 1030 g/mol. The minimum Gasteiger partial charge on any atom is -0.370 e. The van der Waals surface area contributed by atoms with E-state index in [-0.39, 0.29) is 81.5 Å². The molecule has 24 nitrogen and oxygen atoms in total. The van der Waals surface area contributed by atoms with Crippen molar-refractivity contribution in [3.05, 3.63) is 90.1 Å². The van der Waals surface area contributed by atoms with Crippen LogP contribution in [0.1, 0.15) is 48.9 Å². The molecule has 2 heterocycles. The van der Waals surface area contributed by atoms with Gasteiger partial charge in [0.1, 0.15) is 36.3 Å². The summed E-state index contributed by atoms with van der Waals surface area (Å²) in [5.41, 5.74) is 36.1. The van der Waals surface area contributed by atoms with Gasteiger partial charge in [-0.3, -0.25) is 43.5 Å². The fraction of sp³-hybridized carbons (Fsp3) is 0.435. The van der Waals surface area contributed by atoms with Crippen molar-refractivity contribution in [2.75, 3.05) is 31.6 Å². The largest absolute Gasteiger partial charge is 0.370 e. The fourth-order valence-corrected chi connectivity index (χ4v) is 8.11. The van der Waals surface area contributed by atoms with Crippen LogP contribution in [0.15, 0.2) is 83.3 Å². The number of benzene rings is 2. The van der Waals surface area contributed by atoms with Gasteiger partial charge < -0.3 is 75.9 Å². The lowest BCUT2D eigenvalue weighted by molar-refractivity contribution is -0.143. The van der Waals surface area contributed by atoms with E-state index in [0.29, 0.717) is 23.2 Å². The number of thiol groups is 2. The van der Waals surface area contributed by atoms with E-state index in [1.165, 1.54) is 24.5 Å². The highest BCUT2D eigenvalue weighted by atomic mass is 32.1. The van der Waals surface area contributed by atoms with Gasteiger partial charge >= 0.3 is 0 Å². The number of amides is 7. The Labute approximate surface area is 427 Å². The Balaban J connectivity index is 1.65. The summed E-state index contributed by atoms with van der Waals surface area (Å²) < 4.78 is 0. The van der Waals surface area contributed by atoms with Crippen LogP contribution in [0.2, 0.25) is 0 Å². The van der Waals surface area contributed by atoms with E-state index in [2.05, 4.69) is 76.8 Å². The van der Waals surface area contributed by atoms with Crippen LogP contribution in [-0.4, -0.2) is 147 Å². The molecule has 26 heteroatoms. The van der Waals surface area contributed by atoms with Crippen LogP contribution < -0.4 is 61.0 Å². The number of carbonyl (C=O) groups excluding carboxylic acids is 7. The van der Waals surface area contributed by atoms with Crippen molar-refractivity contribution in [3.8, 4) is 0 Å². The summed E-state index contributed by atoms with van der Waals surface area (Å²) in [4.78, 5) is 117. The third-order valence-electron chi connectivity index (χ3n) is 11.5. The standard InChI is InChI=1S/C46H67N17O7S2/c1-63(44(70)33(15-18-71)59-39(65)30(47)12-7-16-54-45(49)50)37(21-28-23-53-25-57-28)43(69)61-34(19-26-9-3-2-4-10-26)41(67)58-32(14-8-17-55-46(51)52)40(66)60-35(42(68)62-36(24-72)38(48)64)20-27-22-56-31-13-6-5-11-29(27)31/h2-6,9-11,13,22-23,25,30,32-37,56,71-72H,7-8,12,14-21,24,47H2,1H3,(H2,48,64)(H,53,57)(H,58,67)(H,59,65)(H,60,66)(H,61,69)(H,62,68)(H4,49,50,54)(H4,51,52,55)/t30-,32-,33-,34+,35-,36-,37-/m0/s1. The summed E-state index contributed by atoms with van der Waals surface area (Å²) in [5, 5.41) is 14.4. The second-order valence-corrected chi connectivity index (χ2v) is 17.7. The third-order valence-corrected chi connectivity index (χ3v) is 12.1. The average Bonchev–Trinajstić information content (AvgIpc) is 4.03. The van der Waals surface area contributed by atoms with Crippen molar-refractivity contribution in [2.45, 2.75) is 93.7 Å². The van der Waals surface area contributed by atoms with Gasteiger partial charge in [0.2, 0.25) is 41.4 Å². The van der Waals surface area contributed by atoms with Crippen molar-refractivity contribution >= 4 is 89.4 Å². The van der Waals surface area contributed by atoms with Crippen molar-refractivity contribution in [1.82, 2.24) is 46.4 Å². The number of primary amides is 1. The lowest BCUT2D eigenvalue weighted by atomic mass is 10.0. The summed E-state index contributed by atoms with van der Waals surface area (Å²) in [7, 11) is 1.39. The molecule has 0 saturated carbocycles. The van der Waals surface area contributed by atoms with E-state index < -0.39 is 83.6 Å². The van der Waals surface area contributed by atoms with Gasteiger partial charge in [0, 0.05) is 74.1 Å². The third kappa shape index (κ3) is 18.1. The number of guanidine groups is 2. The van der Waals surface area contributed by atoms with Crippen LogP contribution in [0.4, 0.5) is 0 Å². The molecule has 2 aromatic heterocycles. The normalized spacial score (nSPS) is 13.9. The maximum absolute atomic E-state index is 14.7. The molecule has 4 rings (SSSR count). The van der Waals surface area contributed by atoms with Gasteiger partial charge in [-0.15, -0.1) is 0 Å². The summed E-state index contributed by atoms with van der Waals surface area (Å²) in [5.74, 6) is -5.42. The zero-order valence-corrected chi connectivity index (χ0v) is 41.7. The summed E-state index contributed by atoms with van der Waals surface area (Å²) >= 11 is 8.47. The van der Waals surface area contributed by atoms with Gasteiger partial charge in [-0.2, -0.15) is 25.3 Å². The first-order chi connectivity index (χ1) is 34.4. The predicted octanol–water partition coefficient (Wildman–Crippen LogP) is -2.66. The molecule has 390 valence electrons. The Morgan fingerprint density at radius 2 is 1.22 bits per heavy atom. The number of rotatable bonds is 30. The SMILES string of the molecule is CN(C(=O)[C@H](CCS)NC(=O)[C@@H](N)CCCN=C(N)N)[C@@H](Cc1cnc[nH]1)C(=O)N[C@H](Cc1ccccc1)C(=O)N[C@@H](CCCN=C(N)N)C(=O)N[C@@H](Cc1c[nH]c2ccccc12)C(=O)N[C@@H](CS)C(N)=O. The Morgan fingerprint density at radius 1 is 0.653 bits per heavy atom. The molecule has 0 unspecified atom stereocenters. The first-order valence-electron chi connectivity index (χ1n) is 23.1. The molecule has 0 aliphatic rings. The van der Waals surface area contributed by atoms with Gasteiger partial charge in [0.25, 0.3) is 0 Å². The number of hydrogen-bond donors (Lipinski definition) is 15. The summed E-state index contributed by atoms with van der Waals surface area (Å²) in [6.07, 6.45) is 5.19. The van der Waals surface area contributed by atoms with E-state index in [1.807, 2.05) is 24.3 Å². The minimum absolute atomic E-state index is 0.0415. The quantitative estimate of drug-likeness (QED) is 0.0110. The number of aliphatic imine (C=N–C) groups is 2. The van der Waals surface area contributed by atoms with E-state index >= 15 is 0 Å². The number of aromatic amines is 2. The van der Waals surface area contributed by atoms with E-state index in [4.69, 9.17) is 34.4 Å². The minimum atomic E-state index is -1.36. The Morgan fingerprint density at radius 3 is 1.83 bits per heavy atom. The highest BCUT2D eigenvalue weighted by Gasteiger charge is 2.36. The van der Waals surface area contributed by atoms with E-state index in [9.17, 15) is 33.6 Å². The number of hydrogen-bond acceptors (Lipinski definition) is 13. The zero-order valence-electron chi connectivity index (χ0n) is 40.0.